The summed E-state index contributed by atoms with van der Waals surface area (Å²) in [4.78, 5) is 33.0. The second-order valence-electron chi connectivity index (χ2n) is 3.79. The van der Waals surface area contributed by atoms with Crippen LogP contribution < -0.4 is 0 Å². The fourth-order valence-electron chi connectivity index (χ4n) is 1.17. The lowest BCUT2D eigenvalue weighted by molar-refractivity contribution is -0.140. The Morgan fingerprint density at radius 3 is 2.26 bits per heavy atom. The molecule has 0 bridgehead atoms. The monoisotopic (exact) mass is 262 g/mol. The number of benzene rings is 1. The molecule has 0 saturated carbocycles. The molecule has 0 aliphatic carbocycles. The third-order valence-electron chi connectivity index (χ3n) is 2.18. The normalized spacial score (nSPS) is 9.53. The summed E-state index contributed by atoms with van der Waals surface area (Å²) in [5, 5.41) is 0. The lowest BCUT2D eigenvalue weighted by Gasteiger charge is -2.06. The molecular formula is C14H14O5. The number of esters is 2. The highest BCUT2D eigenvalue weighted by Gasteiger charge is 2.08. The van der Waals surface area contributed by atoms with Gasteiger partial charge in [0.1, 0.15) is 19.5 Å². The van der Waals surface area contributed by atoms with Crippen LogP contribution in [0.1, 0.15) is 27.6 Å². The molecule has 0 heterocycles. The van der Waals surface area contributed by atoms with Gasteiger partial charge in [-0.25, -0.2) is 9.59 Å². The van der Waals surface area contributed by atoms with E-state index in [0.29, 0.717) is 17.4 Å². The maximum Gasteiger partial charge on any atom is 0.338 e. The summed E-state index contributed by atoms with van der Waals surface area (Å²) in [5.74, 6) is -1.06. The van der Waals surface area contributed by atoms with E-state index in [4.69, 9.17) is 9.47 Å². The first-order chi connectivity index (χ1) is 9.04. The van der Waals surface area contributed by atoms with Crippen molar-refractivity contribution in [3.8, 4) is 0 Å². The minimum absolute atomic E-state index is 0.0240. The molecule has 100 valence electrons. The molecule has 0 unspecified atom stereocenters. The average Bonchev–Trinajstić information content (AvgIpc) is 2.43. The third kappa shape index (κ3) is 4.75. The zero-order valence-electron chi connectivity index (χ0n) is 10.5. The van der Waals surface area contributed by atoms with Gasteiger partial charge >= 0.3 is 11.9 Å². The van der Waals surface area contributed by atoms with E-state index in [1.807, 2.05) is 0 Å². The molecule has 0 aliphatic heterocycles. The van der Waals surface area contributed by atoms with E-state index in [2.05, 4.69) is 6.58 Å². The first kappa shape index (κ1) is 14.6. The second kappa shape index (κ2) is 7.10. The first-order valence-electron chi connectivity index (χ1n) is 5.59. The Morgan fingerprint density at radius 2 is 1.74 bits per heavy atom. The molecule has 0 radical (unpaired) electrons. The molecule has 1 rings (SSSR count). The molecule has 0 saturated heterocycles. The fourth-order valence-corrected chi connectivity index (χ4v) is 1.17. The highest BCUT2D eigenvalue weighted by molar-refractivity contribution is 5.90. The molecule has 5 nitrogen and oxygen atoms in total. The lowest BCUT2D eigenvalue weighted by Crippen LogP contribution is -2.14. The zero-order valence-corrected chi connectivity index (χ0v) is 10.5. The molecule has 5 heteroatoms. The topological polar surface area (TPSA) is 69.7 Å². The molecule has 19 heavy (non-hydrogen) atoms. The van der Waals surface area contributed by atoms with Crippen LogP contribution in [0.2, 0.25) is 0 Å². The Kier molecular flexibility index (Phi) is 5.47. The highest BCUT2D eigenvalue weighted by atomic mass is 16.6. The predicted molar refractivity (Wildman–Crippen MR) is 67.9 cm³/mol. The number of aldehydes is 1. The van der Waals surface area contributed by atoms with Crippen molar-refractivity contribution in [3.05, 3.63) is 47.5 Å². The molecule has 0 atom stereocenters. The molecule has 0 spiro atoms. The molecule has 0 fully saturated rings. The lowest BCUT2D eigenvalue weighted by atomic mass is 10.1. The average molecular weight is 262 g/mol. The van der Waals surface area contributed by atoms with Crippen LogP contribution in [0.3, 0.4) is 0 Å². The van der Waals surface area contributed by atoms with E-state index in [-0.39, 0.29) is 18.8 Å². The van der Waals surface area contributed by atoms with E-state index in [1.165, 1.54) is 31.2 Å². The van der Waals surface area contributed by atoms with E-state index in [1.54, 1.807) is 0 Å². The van der Waals surface area contributed by atoms with Crippen LogP contribution in [-0.4, -0.2) is 31.4 Å². The van der Waals surface area contributed by atoms with Crippen LogP contribution in [0.15, 0.2) is 36.4 Å². The minimum atomic E-state index is -0.538. The number of ether oxygens (including phenoxy) is 2. The number of hydrogen-bond donors (Lipinski definition) is 0. The van der Waals surface area contributed by atoms with Gasteiger partial charge in [0.2, 0.25) is 0 Å². The van der Waals surface area contributed by atoms with E-state index >= 15 is 0 Å². The first-order valence-corrected chi connectivity index (χ1v) is 5.59. The third-order valence-corrected chi connectivity index (χ3v) is 2.18. The fraction of sp³-hybridized carbons (Fsp3) is 0.214. The van der Waals surface area contributed by atoms with Crippen molar-refractivity contribution in [3.63, 3.8) is 0 Å². The van der Waals surface area contributed by atoms with Gasteiger partial charge in [-0.2, -0.15) is 0 Å². The summed E-state index contributed by atoms with van der Waals surface area (Å²) >= 11 is 0. The van der Waals surface area contributed by atoms with Crippen molar-refractivity contribution in [1.29, 1.82) is 0 Å². The van der Waals surface area contributed by atoms with Crippen molar-refractivity contribution in [1.82, 2.24) is 0 Å². The Hall–Kier alpha value is -2.43. The quantitative estimate of drug-likeness (QED) is 0.338. The van der Waals surface area contributed by atoms with Gasteiger partial charge in [-0.15, -0.1) is 0 Å². The second-order valence-corrected chi connectivity index (χ2v) is 3.79. The van der Waals surface area contributed by atoms with Crippen molar-refractivity contribution >= 4 is 18.2 Å². The highest BCUT2D eigenvalue weighted by Crippen LogP contribution is 2.04. The largest absolute Gasteiger partial charge is 0.459 e. The van der Waals surface area contributed by atoms with Crippen molar-refractivity contribution in [2.24, 2.45) is 0 Å². The van der Waals surface area contributed by atoms with Gasteiger partial charge in [0, 0.05) is 11.1 Å². The molecule has 0 aromatic heterocycles. The van der Waals surface area contributed by atoms with Crippen molar-refractivity contribution in [2.45, 2.75) is 6.92 Å². The van der Waals surface area contributed by atoms with E-state index in [9.17, 15) is 14.4 Å². The van der Waals surface area contributed by atoms with Gasteiger partial charge in [-0.05, 0) is 19.1 Å². The van der Waals surface area contributed by atoms with Gasteiger partial charge in [0.25, 0.3) is 0 Å². The van der Waals surface area contributed by atoms with Crippen LogP contribution in [-0.2, 0) is 14.3 Å². The van der Waals surface area contributed by atoms with Gasteiger partial charge in [-0.1, -0.05) is 18.7 Å². The molecule has 0 amide bonds. The molecule has 0 aliphatic rings. The maximum absolute atomic E-state index is 11.6. The van der Waals surface area contributed by atoms with E-state index < -0.39 is 11.9 Å². The summed E-state index contributed by atoms with van der Waals surface area (Å²) in [7, 11) is 0. The maximum atomic E-state index is 11.6. The zero-order chi connectivity index (χ0) is 14.3. The number of carbonyl (C=O) groups excluding carboxylic acids is 3. The Labute approximate surface area is 110 Å². The Bertz CT molecular complexity index is 487. The van der Waals surface area contributed by atoms with Crippen molar-refractivity contribution < 1.29 is 23.9 Å². The summed E-state index contributed by atoms with van der Waals surface area (Å²) in [6, 6.07) is 6.02. The van der Waals surface area contributed by atoms with Crippen LogP contribution in [0.25, 0.3) is 0 Å². The van der Waals surface area contributed by atoms with E-state index in [0.717, 1.165) is 0 Å². The predicted octanol–water partition coefficient (Wildman–Crippen LogP) is 1.78. The minimum Gasteiger partial charge on any atom is -0.459 e. The summed E-state index contributed by atoms with van der Waals surface area (Å²) in [6.45, 7) is 4.89. The van der Waals surface area contributed by atoms with Gasteiger partial charge in [0.05, 0.1) is 5.56 Å². The SMILES string of the molecule is C=C(C)C(=O)OCCOC(=O)c1ccc(C=O)cc1. The van der Waals surface area contributed by atoms with Gasteiger partial charge < -0.3 is 9.47 Å². The molecule has 0 N–H and O–H groups in total. The van der Waals surface area contributed by atoms with Crippen LogP contribution in [0, 0.1) is 0 Å². The summed E-state index contributed by atoms with van der Waals surface area (Å²) < 4.78 is 9.66. The summed E-state index contributed by atoms with van der Waals surface area (Å²) in [6.07, 6.45) is 0.687. The Morgan fingerprint density at radius 1 is 1.16 bits per heavy atom. The van der Waals surface area contributed by atoms with Gasteiger partial charge in [0.15, 0.2) is 0 Å². The van der Waals surface area contributed by atoms with Crippen LogP contribution in [0.5, 0.6) is 0 Å². The molecule has 1 aromatic carbocycles. The van der Waals surface area contributed by atoms with Crippen molar-refractivity contribution in [2.75, 3.05) is 13.2 Å². The summed E-state index contributed by atoms with van der Waals surface area (Å²) in [5.41, 5.74) is 1.10. The number of hydrogen-bond acceptors (Lipinski definition) is 5. The number of rotatable bonds is 6. The van der Waals surface area contributed by atoms with Gasteiger partial charge in [-0.3, -0.25) is 4.79 Å². The molecule has 1 aromatic rings. The standard InChI is InChI=1S/C14H14O5/c1-10(2)13(16)18-7-8-19-14(17)12-5-3-11(9-15)4-6-12/h3-6,9H,1,7-8H2,2H3. The smallest absolute Gasteiger partial charge is 0.338 e. The molecular weight excluding hydrogens is 248 g/mol. The Balaban J connectivity index is 2.36. The van der Waals surface area contributed by atoms with Crippen LogP contribution in [0.4, 0.5) is 0 Å². The number of carbonyl (C=O) groups is 3. The van der Waals surface area contributed by atoms with Crippen LogP contribution >= 0.6 is 0 Å².